The van der Waals surface area contributed by atoms with Gasteiger partial charge in [0.15, 0.2) is 11.5 Å². The van der Waals surface area contributed by atoms with Gasteiger partial charge in [-0.2, -0.15) is 0 Å². The number of hydrogen-bond acceptors (Lipinski definition) is 8. The number of aromatic hydroxyl groups is 1. The molecule has 252 valence electrons. The fourth-order valence-corrected chi connectivity index (χ4v) is 8.88. The number of methoxy groups -OCH3 is 2. The smallest absolute Gasteiger partial charge is 0.305 e. The van der Waals surface area contributed by atoms with Gasteiger partial charge in [0.1, 0.15) is 0 Å². The number of benzene rings is 3. The number of carbonyl (C=O) groups is 5. The molecule has 4 aliphatic rings. The summed E-state index contributed by atoms with van der Waals surface area (Å²) in [6.45, 7) is -0.255. The summed E-state index contributed by atoms with van der Waals surface area (Å²) in [7, 11) is 2.78. The summed E-state index contributed by atoms with van der Waals surface area (Å²) >= 11 is 6.36. The number of halogens is 1. The molecule has 6 unspecified atom stereocenters. The highest BCUT2D eigenvalue weighted by Gasteiger charge is 2.70. The Labute approximate surface area is 286 Å². The second-order valence-corrected chi connectivity index (χ2v) is 13.3. The molecule has 3 aromatic rings. The maximum Gasteiger partial charge on any atom is 0.305 e. The number of aliphatic carboxylic acids is 1. The Morgan fingerprint density at radius 1 is 0.918 bits per heavy atom. The number of anilines is 1. The van der Waals surface area contributed by atoms with Gasteiger partial charge >= 0.3 is 5.97 Å². The minimum atomic E-state index is -1.53. The lowest BCUT2D eigenvalue weighted by atomic mass is 9.49. The van der Waals surface area contributed by atoms with Gasteiger partial charge in [0.2, 0.25) is 29.4 Å². The average Bonchev–Trinajstić information content (AvgIpc) is 3.48. The summed E-state index contributed by atoms with van der Waals surface area (Å²) in [4.78, 5) is 71.3. The Kier molecular flexibility index (Phi) is 7.98. The van der Waals surface area contributed by atoms with Crippen LogP contribution < -0.4 is 14.4 Å². The predicted molar refractivity (Wildman–Crippen MR) is 176 cm³/mol. The highest BCUT2D eigenvalue weighted by Crippen LogP contribution is 2.65. The van der Waals surface area contributed by atoms with E-state index in [2.05, 4.69) is 0 Å². The Morgan fingerprint density at radius 2 is 1.61 bits per heavy atom. The number of imide groups is 2. The number of ether oxygens (including phenoxy) is 2. The van der Waals surface area contributed by atoms with E-state index in [-0.39, 0.29) is 43.1 Å². The van der Waals surface area contributed by atoms with Crippen molar-refractivity contribution in [2.45, 2.75) is 30.6 Å². The maximum absolute atomic E-state index is 15.3. The molecule has 12 heteroatoms. The summed E-state index contributed by atoms with van der Waals surface area (Å²) in [5, 5.41) is 20.5. The molecule has 7 rings (SSSR count). The van der Waals surface area contributed by atoms with Crippen molar-refractivity contribution in [2.24, 2.45) is 23.7 Å². The van der Waals surface area contributed by atoms with Crippen LogP contribution in [0.25, 0.3) is 0 Å². The number of carbonyl (C=O) groups excluding carboxylic acids is 4. The zero-order chi connectivity index (χ0) is 34.8. The van der Waals surface area contributed by atoms with Crippen LogP contribution in [-0.4, -0.2) is 65.5 Å². The van der Waals surface area contributed by atoms with Crippen LogP contribution in [0.5, 0.6) is 17.2 Å². The molecule has 2 aliphatic carbocycles. The molecular weight excluding hydrogens is 652 g/mol. The molecular formula is C37H33ClN2O9. The number of hydrogen-bond donors (Lipinski definition) is 2. The summed E-state index contributed by atoms with van der Waals surface area (Å²) in [6, 6.07) is 18.8. The van der Waals surface area contributed by atoms with Gasteiger partial charge in [-0.1, -0.05) is 59.6 Å². The number of carboxylic acids is 1. The number of amides is 4. The molecule has 2 heterocycles. The van der Waals surface area contributed by atoms with Crippen LogP contribution in [0.3, 0.4) is 0 Å². The minimum absolute atomic E-state index is 0.0815. The third kappa shape index (κ3) is 4.74. The molecule has 49 heavy (non-hydrogen) atoms. The third-order valence-electron chi connectivity index (χ3n) is 10.6. The molecule has 3 aromatic carbocycles. The Bertz CT molecular complexity index is 1920. The van der Waals surface area contributed by atoms with Crippen LogP contribution in [0.4, 0.5) is 5.69 Å². The van der Waals surface area contributed by atoms with Crippen LogP contribution in [0.15, 0.2) is 78.4 Å². The van der Waals surface area contributed by atoms with E-state index in [1.54, 1.807) is 48.5 Å². The molecule has 3 fully saturated rings. The van der Waals surface area contributed by atoms with Gasteiger partial charge in [-0.25, -0.2) is 4.90 Å². The Hall–Kier alpha value is -5.16. The molecule has 4 amide bonds. The monoisotopic (exact) mass is 684 g/mol. The summed E-state index contributed by atoms with van der Waals surface area (Å²) in [6.07, 6.45) is 1.77. The van der Waals surface area contributed by atoms with E-state index in [1.165, 1.54) is 19.1 Å². The van der Waals surface area contributed by atoms with Gasteiger partial charge in [0.05, 0.1) is 49.5 Å². The van der Waals surface area contributed by atoms with Crippen molar-refractivity contribution in [3.05, 3.63) is 94.5 Å². The highest BCUT2D eigenvalue weighted by molar-refractivity contribution is 6.32. The number of allylic oxidation sites excluding steroid dienone is 2. The third-order valence-corrected chi connectivity index (χ3v) is 10.9. The number of rotatable bonds is 8. The number of likely N-dealkylation sites (tertiary alicyclic amines) is 1. The van der Waals surface area contributed by atoms with Gasteiger partial charge in [-0.05, 0) is 60.2 Å². The van der Waals surface area contributed by atoms with Crippen LogP contribution in [0.2, 0.25) is 5.02 Å². The minimum Gasteiger partial charge on any atom is -0.502 e. The van der Waals surface area contributed by atoms with Gasteiger partial charge in [0.25, 0.3) is 0 Å². The quantitative estimate of drug-likeness (QED) is 0.254. The molecule has 0 bridgehead atoms. The van der Waals surface area contributed by atoms with Crippen molar-refractivity contribution in [3.8, 4) is 17.2 Å². The van der Waals surface area contributed by atoms with Gasteiger partial charge < -0.3 is 19.7 Å². The number of phenols is 1. The van der Waals surface area contributed by atoms with Gasteiger partial charge in [-0.15, -0.1) is 0 Å². The number of phenolic OH excluding ortho intramolecular Hbond substituents is 1. The van der Waals surface area contributed by atoms with Crippen molar-refractivity contribution >= 4 is 46.9 Å². The lowest BCUT2D eigenvalue weighted by Crippen LogP contribution is -2.53. The second kappa shape index (κ2) is 12.1. The molecule has 0 spiro atoms. The number of nitrogens with zero attached hydrogens (tertiary/aromatic N) is 2. The average molecular weight is 685 g/mol. The van der Waals surface area contributed by atoms with Crippen molar-refractivity contribution in [2.75, 3.05) is 25.7 Å². The zero-order valence-corrected chi connectivity index (χ0v) is 27.4. The normalized spacial score (nSPS) is 27.4. The SMILES string of the molecule is COc1cc(C2C3=CCC4C(=O)N(CCC(=O)O)C(=O)C4C3CC3C(=O)N(c4cccc(Cl)c4)C(=O)C32c2ccccc2)cc(OC)c1O. The van der Waals surface area contributed by atoms with Crippen LogP contribution in [-0.2, 0) is 29.4 Å². The van der Waals surface area contributed by atoms with E-state index in [1.807, 2.05) is 24.3 Å². The maximum atomic E-state index is 15.3. The fraction of sp³-hybridized carbons (Fsp3) is 0.324. The number of fused-ring (bicyclic) bond motifs is 4. The lowest BCUT2D eigenvalue weighted by Gasteiger charge is -2.50. The Morgan fingerprint density at radius 3 is 2.24 bits per heavy atom. The first-order valence-electron chi connectivity index (χ1n) is 16.0. The van der Waals surface area contributed by atoms with Crippen molar-refractivity contribution in [1.82, 2.24) is 4.90 Å². The van der Waals surface area contributed by atoms with Crippen LogP contribution in [0.1, 0.15) is 36.3 Å². The fourth-order valence-electron chi connectivity index (χ4n) is 8.69. The van der Waals surface area contributed by atoms with Crippen molar-refractivity contribution < 1.29 is 43.7 Å². The van der Waals surface area contributed by atoms with E-state index in [4.69, 9.17) is 21.1 Å². The van der Waals surface area contributed by atoms with E-state index in [0.29, 0.717) is 27.4 Å². The standard InChI is InChI=1S/C37H33ClN2O9/c1-48-27-15-19(16-28(49-2)32(27)43)31-23-11-12-24-30(35(46)39(33(24)44)14-13-29(41)42)25(23)18-26-34(45)40(22-10-6-9-21(38)17-22)36(47)37(26,31)20-7-4-3-5-8-20/h3-11,15-17,24-26,30-31,43H,12-14,18H2,1-2H3,(H,41,42). The summed E-state index contributed by atoms with van der Waals surface area (Å²) in [5.41, 5.74) is 0.554. The molecule has 2 aliphatic heterocycles. The largest absolute Gasteiger partial charge is 0.502 e. The first-order chi connectivity index (χ1) is 23.5. The molecule has 2 N–H and O–H groups in total. The van der Waals surface area contributed by atoms with Gasteiger partial charge in [0, 0.05) is 17.5 Å². The number of carboxylic acid groups (broad SMARTS) is 1. The highest BCUT2D eigenvalue weighted by atomic mass is 35.5. The summed E-state index contributed by atoms with van der Waals surface area (Å²) < 4.78 is 11.1. The van der Waals surface area contributed by atoms with Gasteiger partial charge in [-0.3, -0.25) is 28.9 Å². The first kappa shape index (κ1) is 32.4. The van der Waals surface area contributed by atoms with E-state index < -0.39 is 64.6 Å². The van der Waals surface area contributed by atoms with Crippen molar-refractivity contribution in [3.63, 3.8) is 0 Å². The zero-order valence-electron chi connectivity index (χ0n) is 26.7. The molecule has 2 saturated heterocycles. The van der Waals surface area contributed by atoms with Crippen LogP contribution in [0, 0.1) is 23.7 Å². The molecule has 11 nitrogen and oxygen atoms in total. The van der Waals surface area contributed by atoms with E-state index in [0.717, 1.165) is 4.90 Å². The topological polar surface area (TPSA) is 151 Å². The lowest BCUT2D eigenvalue weighted by molar-refractivity contribution is -0.142. The van der Waals surface area contributed by atoms with E-state index >= 15 is 4.79 Å². The van der Waals surface area contributed by atoms with E-state index in [9.17, 15) is 29.4 Å². The van der Waals surface area contributed by atoms with Crippen molar-refractivity contribution in [1.29, 1.82) is 0 Å². The first-order valence-corrected chi connectivity index (χ1v) is 16.3. The molecule has 1 saturated carbocycles. The van der Waals surface area contributed by atoms with Crippen LogP contribution >= 0.6 is 11.6 Å². The molecule has 6 atom stereocenters. The molecule has 0 radical (unpaired) electrons. The Balaban J connectivity index is 1.49. The second-order valence-electron chi connectivity index (χ2n) is 12.8. The summed E-state index contributed by atoms with van der Waals surface area (Å²) in [5.74, 6) is -7.19. The molecule has 0 aromatic heterocycles. The predicted octanol–water partition coefficient (Wildman–Crippen LogP) is 4.70.